The van der Waals surface area contributed by atoms with Gasteiger partial charge in [0.25, 0.3) is 11.8 Å². The lowest BCUT2D eigenvalue weighted by atomic mass is 10.1. The van der Waals surface area contributed by atoms with E-state index >= 15 is 0 Å². The van der Waals surface area contributed by atoms with Crippen LogP contribution in [-0.2, 0) is 14.3 Å². The molecule has 0 atom stereocenters. The minimum Gasteiger partial charge on any atom is -0.454 e. The smallest absolute Gasteiger partial charge is 0.325 e. The average molecular weight is 343 g/mol. The maximum Gasteiger partial charge on any atom is 0.325 e. The van der Waals surface area contributed by atoms with Crippen LogP contribution in [0.1, 0.15) is 10.4 Å². The van der Waals surface area contributed by atoms with Crippen LogP contribution in [0.4, 0.5) is 4.79 Å². The van der Waals surface area contributed by atoms with Crippen molar-refractivity contribution >= 4 is 34.6 Å². The molecule has 0 unspecified atom stereocenters. The van der Waals surface area contributed by atoms with Crippen molar-refractivity contribution in [1.29, 1.82) is 0 Å². The standard InChI is InChI=1S/C17H17N3O5/c1-18-17(24)20-14(21)10-25-15(22)9-19-16(23)13-7-6-11-4-2-3-5-12(11)8-13/h2-8H,9-10H2,1H3,(H,19,23)(H2,18,20,21,24). The van der Waals surface area contributed by atoms with Crippen molar-refractivity contribution < 1.29 is 23.9 Å². The molecule has 0 saturated heterocycles. The third-order valence-electron chi connectivity index (χ3n) is 3.25. The molecule has 0 spiro atoms. The van der Waals surface area contributed by atoms with E-state index in [1.807, 2.05) is 35.6 Å². The first kappa shape index (κ1) is 17.9. The molecule has 0 bridgehead atoms. The van der Waals surface area contributed by atoms with Crippen LogP contribution in [0.5, 0.6) is 0 Å². The van der Waals surface area contributed by atoms with Crippen molar-refractivity contribution in [3.8, 4) is 0 Å². The lowest BCUT2D eigenvalue weighted by molar-refractivity contribution is -0.147. The summed E-state index contributed by atoms with van der Waals surface area (Å²) in [6.45, 7) is -1.00. The Labute approximate surface area is 143 Å². The Bertz CT molecular complexity index is 819. The number of ether oxygens (including phenoxy) is 1. The van der Waals surface area contributed by atoms with E-state index in [9.17, 15) is 19.2 Å². The summed E-state index contributed by atoms with van der Waals surface area (Å²) in [4.78, 5) is 45.8. The summed E-state index contributed by atoms with van der Waals surface area (Å²) in [5.41, 5.74) is 0.406. The van der Waals surface area contributed by atoms with E-state index in [4.69, 9.17) is 0 Å². The van der Waals surface area contributed by atoms with E-state index in [2.05, 4.69) is 15.4 Å². The van der Waals surface area contributed by atoms with Crippen LogP contribution in [-0.4, -0.2) is 44.0 Å². The zero-order valence-corrected chi connectivity index (χ0v) is 13.5. The molecule has 0 saturated carbocycles. The normalized spacial score (nSPS) is 9.96. The van der Waals surface area contributed by atoms with E-state index in [1.165, 1.54) is 7.05 Å². The summed E-state index contributed by atoms with van der Waals surface area (Å²) in [6.07, 6.45) is 0. The quantitative estimate of drug-likeness (QED) is 0.687. The molecule has 2 aromatic rings. The fourth-order valence-electron chi connectivity index (χ4n) is 2.01. The number of esters is 1. The molecular weight excluding hydrogens is 326 g/mol. The van der Waals surface area contributed by atoms with Crippen molar-refractivity contribution in [2.24, 2.45) is 0 Å². The Morgan fingerprint density at radius 3 is 2.44 bits per heavy atom. The SMILES string of the molecule is CNC(=O)NC(=O)COC(=O)CNC(=O)c1ccc2ccccc2c1. The molecule has 8 nitrogen and oxygen atoms in total. The highest BCUT2D eigenvalue weighted by Gasteiger charge is 2.12. The largest absolute Gasteiger partial charge is 0.454 e. The fraction of sp³-hybridized carbons (Fsp3) is 0.176. The summed E-state index contributed by atoms with van der Waals surface area (Å²) in [5, 5.41) is 8.45. The van der Waals surface area contributed by atoms with E-state index in [0.717, 1.165) is 10.8 Å². The van der Waals surface area contributed by atoms with Gasteiger partial charge in [0.05, 0.1) is 0 Å². The van der Waals surface area contributed by atoms with E-state index < -0.39 is 30.4 Å². The molecule has 0 radical (unpaired) electrons. The third-order valence-corrected chi connectivity index (χ3v) is 3.25. The molecule has 0 aliphatic heterocycles. The van der Waals surface area contributed by atoms with Crippen molar-refractivity contribution in [1.82, 2.24) is 16.0 Å². The first-order valence-electron chi connectivity index (χ1n) is 7.44. The van der Waals surface area contributed by atoms with Crippen LogP contribution in [0.2, 0.25) is 0 Å². The molecule has 2 aromatic carbocycles. The van der Waals surface area contributed by atoms with Gasteiger partial charge in [-0.1, -0.05) is 30.3 Å². The minimum atomic E-state index is -0.791. The van der Waals surface area contributed by atoms with Crippen LogP contribution >= 0.6 is 0 Å². The number of hydrogen-bond donors (Lipinski definition) is 3. The minimum absolute atomic E-state index is 0.390. The summed E-state index contributed by atoms with van der Waals surface area (Å²) < 4.78 is 4.66. The van der Waals surface area contributed by atoms with Gasteiger partial charge in [0, 0.05) is 12.6 Å². The maximum atomic E-state index is 12.1. The Morgan fingerprint density at radius 2 is 1.72 bits per heavy atom. The molecule has 3 N–H and O–H groups in total. The maximum absolute atomic E-state index is 12.1. The van der Waals surface area contributed by atoms with Gasteiger partial charge in [0.1, 0.15) is 6.54 Å². The first-order valence-corrected chi connectivity index (χ1v) is 7.44. The van der Waals surface area contributed by atoms with E-state index in [1.54, 1.807) is 12.1 Å². The lowest BCUT2D eigenvalue weighted by Gasteiger charge is -2.07. The van der Waals surface area contributed by atoms with Crippen LogP contribution in [0.3, 0.4) is 0 Å². The van der Waals surface area contributed by atoms with Gasteiger partial charge in [-0.25, -0.2) is 4.79 Å². The van der Waals surface area contributed by atoms with Crippen molar-refractivity contribution in [3.05, 3.63) is 48.0 Å². The summed E-state index contributed by atoms with van der Waals surface area (Å²) >= 11 is 0. The number of amides is 4. The fourth-order valence-corrected chi connectivity index (χ4v) is 2.01. The van der Waals surface area contributed by atoms with Gasteiger partial charge in [-0.2, -0.15) is 0 Å². The second kappa shape index (κ2) is 8.44. The van der Waals surface area contributed by atoms with Crippen molar-refractivity contribution in [2.45, 2.75) is 0 Å². The topological polar surface area (TPSA) is 114 Å². The predicted molar refractivity (Wildman–Crippen MR) is 89.8 cm³/mol. The Hall–Kier alpha value is -3.42. The van der Waals surface area contributed by atoms with Crippen LogP contribution in [0.25, 0.3) is 10.8 Å². The van der Waals surface area contributed by atoms with Crippen LogP contribution in [0, 0.1) is 0 Å². The number of benzene rings is 2. The molecule has 0 heterocycles. The number of carbonyl (C=O) groups is 4. The number of imide groups is 1. The zero-order chi connectivity index (χ0) is 18.2. The number of hydrogen-bond acceptors (Lipinski definition) is 5. The second-order valence-electron chi connectivity index (χ2n) is 5.03. The molecular formula is C17H17N3O5. The summed E-state index contributed by atoms with van der Waals surface area (Å²) in [6, 6.07) is 12.1. The molecule has 2 rings (SSSR count). The summed E-state index contributed by atoms with van der Waals surface area (Å²) in [5.74, 6) is -1.99. The third kappa shape index (κ3) is 5.31. The van der Waals surface area contributed by atoms with Gasteiger partial charge in [-0.3, -0.25) is 19.7 Å². The molecule has 4 amide bonds. The highest BCUT2D eigenvalue weighted by Crippen LogP contribution is 2.15. The Balaban J connectivity index is 1.81. The van der Waals surface area contributed by atoms with Gasteiger partial charge in [0.2, 0.25) is 0 Å². The molecule has 0 fully saturated rings. The second-order valence-corrected chi connectivity index (χ2v) is 5.03. The number of carbonyl (C=O) groups excluding carboxylic acids is 4. The van der Waals surface area contributed by atoms with E-state index in [0.29, 0.717) is 5.56 Å². The molecule has 25 heavy (non-hydrogen) atoms. The van der Waals surface area contributed by atoms with Crippen molar-refractivity contribution in [2.75, 3.05) is 20.2 Å². The molecule has 0 aliphatic rings. The molecule has 130 valence electrons. The Morgan fingerprint density at radius 1 is 1.00 bits per heavy atom. The van der Waals surface area contributed by atoms with Crippen LogP contribution < -0.4 is 16.0 Å². The lowest BCUT2D eigenvalue weighted by Crippen LogP contribution is -2.40. The van der Waals surface area contributed by atoms with Crippen LogP contribution in [0.15, 0.2) is 42.5 Å². The molecule has 0 aromatic heterocycles. The van der Waals surface area contributed by atoms with Gasteiger partial charge < -0.3 is 15.4 Å². The number of rotatable bonds is 5. The highest BCUT2D eigenvalue weighted by atomic mass is 16.5. The van der Waals surface area contributed by atoms with Gasteiger partial charge >= 0.3 is 12.0 Å². The number of nitrogens with one attached hydrogen (secondary N) is 3. The summed E-state index contributed by atoms with van der Waals surface area (Å²) in [7, 11) is 1.34. The highest BCUT2D eigenvalue weighted by molar-refractivity contribution is 6.00. The molecule has 0 aliphatic carbocycles. The van der Waals surface area contributed by atoms with Gasteiger partial charge in [0.15, 0.2) is 6.61 Å². The number of fused-ring (bicyclic) bond motifs is 1. The van der Waals surface area contributed by atoms with E-state index in [-0.39, 0.29) is 6.54 Å². The van der Waals surface area contributed by atoms with Gasteiger partial charge in [-0.05, 0) is 22.9 Å². The predicted octanol–water partition coefficient (Wildman–Crippen LogP) is 0.568. The monoisotopic (exact) mass is 343 g/mol. The Kier molecular flexibility index (Phi) is 6.05. The van der Waals surface area contributed by atoms with Crippen molar-refractivity contribution in [3.63, 3.8) is 0 Å². The zero-order valence-electron chi connectivity index (χ0n) is 13.5. The number of urea groups is 1. The average Bonchev–Trinajstić information content (AvgIpc) is 2.63. The van der Waals surface area contributed by atoms with Gasteiger partial charge in [-0.15, -0.1) is 0 Å². The molecule has 8 heteroatoms. The first-order chi connectivity index (χ1) is 12.0.